The van der Waals surface area contributed by atoms with E-state index in [-0.39, 0.29) is 5.91 Å². The molecule has 0 radical (unpaired) electrons. The maximum absolute atomic E-state index is 13.7. The second-order valence-electron chi connectivity index (χ2n) is 7.85. The van der Waals surface area contributed by atoms with Crippen LogP contribution in [0.1, 0.15) is 36.1 Å². The zero-order valence-corrected chi connectivity index (χ0v) is 20.1. The highest BCUT2D eigenvalue weighted by atomic mass is 79.9. The van der Waals surface area contributed by atoms with Crippen molar-refractivity contribution in [1.82, 2.24) is 4.90 Å². The van der Waals surface area contributed by atoms with Crippen molar-refractivity contribution in [1.29, 1.82) is 0 Å². The van der Waals surface area contributed by atoms with Gasteiger partial charge in [0.05, 0.1) is 10.7 Å². The number of hydrogen-bond acceptors (Lipinski definition) is 3. The monoisotopic (exact) mass is 500 g/mol. The van der Waals surface area contributed by atoms with Gasteiger partial charge in [-0.05, 0) is 70.3 Å². The second-order valence-corrected chi connectivity index (χ2v) is 9.09. The van der Waals surface area contributed by atoms with Gasteiger partial charge in [-0.3, -0.25) is 4.79 Å². The number of carbonyl (C=O) groups is 1. The molecule has 6 heteroatoms. The Balaban J connectivity index is 1.82. The Morgan fingerprint density at radius 1 is 1.19 bits per heavy atom. The van der Waals surface area contributed by atoms with Crippen molar-refractivity contribution < 1.29 is 9.90 Å². The van der Waals surface area contributed by atoms with Crippen molar-refractivity contribution >= 4 is 45.2 Å². The van der Waals surface area contributed by atoms with Crippen LogP contribution in [0.4, 0.5) is 5.69 Å². The van der Waals surface area contributed by atoms with E-state index in [9.17, 15) is 9.90 Å². The standard InChI is InChI=1S/C25H26BrClN2O2/c1-3-28(4-2)14-15-29-21-13-12-20(26)23(27)22(21)25(31,24(29)30)19-11-10-17-8-6-5-7-9-18(17)16-19/h5-7,9-13,16,31H,3-4,8,14-15H2,1-2H3. The number of anilines is 1. The summed E-state index contributed by atoms with van der Waals surface area (Å²) in [6.45, 7) is 7.23. The Hall–Kier alpha value is -1.92. The van der Waals surface area contributed by atoms with E-state index in [0.29, 0.717) is 32.9 Å². The molecule has 0 bridgehead atoms. The molecule has 4 rings (SSSR count). The number of benzene rings is 2. The summed E-state index contributed by atoms with van der Waals surface area (Å²) >= 11 is 10.1. The van der Waals surface area contributed by atoms with Crippen LogP contribution in [0, 0.1) is 0 Å². The Labute approximate surface area is 196 Å². The predicted molar refractivity (Wildman–Crippen MR) is 131 cm³/mol. The SMILES string of the molecule is CCN(CC)CCN1C(=O)C(O)(c2ccc3c(c2)C=CC=CC3)c2c1ccc(Br)c2Cl. The van der Waals surface area contributed by atoms with Crippen LogP contribution in [0.2, 0.25) is 5.02 Å². The highest BCUT2D eigenvalue weighted by Crippen LogP contribution is 2.50. The van der Waals surface area contributed by atoms with Crippen LogP contribution < -0.4 is 4.90 Å². The van der Waals surface area contributed by atoms with Crippen molar-refractivity contribution in [2.75, 3.05) is 31.1 Å². The van der Waals surface area contributed by atoms with Crippen LogP contribution in [0.5, 0.6) is 0 Å². The first-order chi connectivity index (χ1) is 14.9. The molecule has 0 aromatic heterocycles. The quantitative estimate of drug-likeness (QED) is 0.595. The number of carbonyl (C=O) groups excluding carboxylic acids is 1. The molecule has 2 aromatic carbocycles. The van der Waals surface area contributed by atoms with Gasteiger partial charge in [-0.15, -0.1) is 0 Å². The van der Waals surface area contributed by atoms with Crippen molar-refractivity contribution in [3.8, 4) is 0 Å². The highest BCUT2D eigenvalue weighted by molar-refractivity contribution is 9.10. The molecule has 2 aromatic rings. The maximum Gasteiger partial charge on any atom is 0.268 e. The summed E-state index contributed by atoms with van der Waals surface area (Å²) < 4.78 is 0.656. The molecule has 1 unspecified atom stereocenters. The molecule has 4 nitrogen and oxygen atoms in total. The molecule has 0 fully saturated rings. The van der Waals surface area contributed by atoms with Crippen LogP contribution in [-0.4, -0.2) is 42.1 Å². The molecule has 1 N–H and O–H groups in total. The van der Waals surface area contributed by atoms with Crippen LogP contribution in [0.25, 0.3) is 6.08 Å². The fraction of sp³-hybridized carbons (Fsp3) is 0.320. The number of fused-ring (bicyclic) bond motifs is 2. The molecule has 2 aliphatic rings. The van der Waals surface area contributed by atoms with E-state index in [4.69, 9.17) is 11.6 Å². The number of likely N-dealkylation sites (N-methyl/N-ethyl adjacent to an activating group) is 1. The third kappa shape index (κ3) is 3.78. The Kier molecular flexibility index (Phi) is 6.40. The summed E-state index contributed by atoms with van der Waals surface area (Å²) in [6, 6.07) is 9.43. The van der Waals surface area contributed by atoms with E-state index in [1.165, 1.54) is 0 Å². The van der Waals surface area contributed by atoms with Crippen molar-refractivity contribution in [2.45, 2.75) is 25.9 Å². The molecule has 0 saturated heterocycles. The summed E-state index contributed by atoms with van der Waals surface area (Å²) in [5.74, 6) is -0.356. The van der Waals surface area contributed by atoms with Gasteiger partial charge in [0.15, 0.2) is 5.60 Å². The molecule has 1 aliphatic carbocycles. The fourth-order valence-electron chi connectivity index (χ4n) is 4.39. The van der Waals surface area contributed by atoms with Gasteiger partial charge in [0.1, 0.15) is 0 Å². The Bertz CT molecular complexity index is 1080. The van der Waals surface area contributed by atoms with Gasteiger partial charge in [0.25, 0.3) is 5.91 Å². The number of nitrogens with zero attached hydrogens (tertiary/aromatic N) is 2. The first kappa shape index (κ1) is 22.3. The first-order valence-electron chi connectivity index (χ1n) is 10.6. The van der Waals surface area contributed by atoms with Crippen LogP contribution >= 0.6 is 27.5 Å². The lowest BCUT2D eigenvalue weighted by molar-refractivity contribution is -0.132. The summed E-state index contributed by atoms with van der Waals surface area (Å²) in [5, 5.41) is 12.3. The van der Waals surface area contributed by atoms with Gasteiger partial charge in [-0.2, -0.15) is 0 Å². The van der Waals surface area contributed by atoms with E-state index in [0.717, 1.165) is 37.2 Å². The number of amides is 1. The number of aliphatic hydroxyl groups is 1. The molecule has 1 amide bonds. The Morgan fingerprint density at radius 2 is 1.97 bits per heavy atom. The molecular formula is C25H26BrClN2O2. The minimum absolute atomic E-state index is 0.356. The minimum Gasteiger partial charge on any atom is -0.372 e. The molecule has 1 heterocycles. The number of hydrogen-bond donors (Lipinski definition) is 1. The van der Waals surface area contributed by atoms with Gasteiger partial charge in [-0.25, -0.2) is 0 Å². The van der Waals surface area contributed by atoms with Crippen LogP contribution in [0.15, 0.2) is 53.0 Å². The van der Waals surface area contributed by atoms with Crippen LogP contribution in [-0.2, 0) is 16.8 Å². The topological polar surface area (TPSA) is 43.8 Å². The Morgan fingerprint density at radius 3 is 2.71 bits per heavy atom. The first-order valence-corrected chi connectivity index (χ1v) is 11.8. The summed E-state index contributed by atoms with van der Waals surface area (Å²) in [7, 11) is 0. The van der Waals surface area contributed by atoms with Crippen LogP contribution in [0.3, 0.4) is 0 Å². The summed E-state index contributed by atoms with van der Waals surface area (Å²) in [6.07, 6.45) is 8.90. The lowest BCUT2D eigenvalue weighted by Gasteiger charge is -2.26. The number of allylic oxidation sites excluding steroid dienone is 3. The molecule has 31 heavy (non-hydrogen) atoms. The largest absolute Gasteiger partial charge is 0.372 e. The lowest BCUT2D eigenvalue weighted by atomic mass is 9.85. The van der Waals surface area contributed by atoms with Crippen molar-refractivity contribution in [2.24, 2.45) is 0 Å². The minimum atomic E-state index is -1.83. The molecule has 0 saturated carbocycles. The second kappa shape index (κ2) is 8.91. The molecule has 1 aliphatic heterocycles. The van der Waals surface area contributed by atoms with E-state index in [1.54, 1.807) is 4.90 Å². The fourth-order valence-corrected chi connectivity index (χ4v) is 5.01. The normalized spacial score (nSPS) is 19.7. The zero-order valence-electron chi connectivity index (χ0n) is 17.7. The van der Waals surface area contributed by atoms with E-state index < -0.39 is 5.60 Å². The van der Waals surface area contributed by atoms with Crippen molar-refractivity contribution in [3.63, 3.8) is 0 Å². The maximum atomic E-state index is 13.7. The zero-order chi connectivity index (χ0) is 22.2. The molecule has 1 atom stereocenters. The van der Waals surface area contributed by atoms with E-state index >= 15 is 0 Å². The van der Waals surface area contributed by atoms with Gasteiger partial charge >= 0.3 is 0 Å². The van der Waals surface area contributed by atoms with E-state index in [2.05, 4.69) is 40.8 Å². The predicted octanol–water partition coefficient (Wildman–Crippen LogP) is 5.15. The smallest absolute Gasteiger partial charge is 0.268 e. The third-order valence-corrected chi connectivity index (χ3v) is 7.52. The molecular weight excluding hydrogens is 476 g/mol. The van der Waals surface area contributed by atoms with Gasteiger partial charge < -0.3 is 14.9 Å². The number of halogens is 2. The number of rotatable bonds is 6. The lowest BCUT2D eigenvalue weighted by Crippen LogP contribution is -2.44. The third-order valence-electron chi connectivity index (χ3n) is 6.24. The van der Waals surface area contributed by atoms with Gasteiger partial charge in [0.2, 0.25) is 0 Å². The summed E-state index contributed by atoms with van der Waals surface area (Å²) in [5.41, 5.74) is 1.97. The van der Waals surface area contributed by atoms with Crippen molar-refractivity contribution in [3.05, 3.63) is 80.3 Å². The van der Waals surface area contributed by atoms with Gasteiger partial charge in [-0.1, -0.05) is 61.9 Å². The highest BCUT2D eigenvalue weighted by Gasteiger charge is 2.52. The molecule has 0 spiro atoms. The van der Waals surface area contributed by atoms with Gasteiger partial charge in [0, 0.05) is 23.1 Å². The average molecular weight is 502 g/mol. The average Bonchev–Trinajstić information content (AvgIpc) is 2.92. The molecule has 162 valence electrons. The van der Waals surface area contributed by atoms with E-state index in [1.807, 2.05) is 48.6 Å². The summed E-state index contributed by atoms with van der Waals surface area (Å²) in [4.78, 5) is 17.7.